The van der Waals surface area contributed by atoms with Gasteiger partial charge in [-0.1, -0.05) is 6.92 Å². The van der Waals surface area contributed by atoms with E-state index in [4.69, 9.17) is 4.74 Å². The highest BCUT2D eigenvalue weighted by molar-refractivity contribution is 5.90. The zero-order chi connectivity index (χ0) is 15.5. The molecule has 1 aromatic carbocycles. The molecule has 1 aliphatic rings. The summed E-state index contributed by atoms with van der Waals surface area (Å²) in [7, 11) is 0. The highest BCUT2D eigenvalue weighted by Crippen LogP contribution is 2.30. The fourth-order valence-corrected chi connectivity index (χ4v) is 2.48. The van der Waals surface area contributed by atoms with Crippen molar-refractivity contribution in [2.75, 3.05) is 23.3 Å². The molecule has 0 saturated heterocycles. The van der Waals surface area contributed by atoms with Gasteiger partial charge in [-0.2, -0.15) is 0 Å². The Hall–Kier alpha value is -1.71. The van der Waals surface area contributed by atoms with Crippen LogP contribution in [-0.4, -0.2) is 24.8 Å². The molecule has 0 unspecified atom stereocenters. The number of nitrogens with one attached hydrogen (secondary N) is 1. The lowest BCUT2D eigenvalue weighted by atomic mass is 10.0. The highest BCUT2D eigenvalue weighted by atomic mass is 16.6. The summed E-state index contributed by atoms with van der Waals surface area (Å²) in [6.45, 7) is 9.53. The van der Waals surface area contributed by atoms with Gasteiger partial charge in [-0.25, -0.2) is 4.79 Å². The van der Waals surface area contributed by atoms with Gasteiger partial charge in [0, 0.05) is 18.8 Å². The fourth-order valence-electron chi connectivity index (χ4n) is 2.48. The molecular weight excluding hydrogens is 264 g/mol. The van der Waals surface area contributed by atoms with Crippen LogP contribution in [0.1, 0.15) is 46.1 Å². The molecule has 4 nitrogen and oxygen atoms in total. The van der Waals surface area contributed by atoms with Crippen LogP contribution in [0.15, 0.2) is 18.2 Å². The summed E-state index contributed by atoms with van der Waals surface area (Å²) in [5, 5.41) is 3.39. The van der Waals surface area contributed by atoms with E-state index in [-0.39, 0.29) is 6.09 Å². The molecule has 0 spiro atoms. The molecule has 0 radical (unpaired) electrons. The molecule has 1 amide bonds. The van der Waals surface area contributed by atoms with E-state index in [2.05, 4.69) is 18.3 Å². The van der Waals surface area contributed by atoms with Crippen molar-refractivity contribution in [3.8, 4) is 0 Å². The summed E-state index contributed by atoms with van der Waals surface area (Å²) in [5.74, 6) is 0. The molecule has 116 valence electrons. The van der Waals surface area contributed by atoms with Gasteiger partial charge in [0.15, 0.2) is 0 Å². The van der Waals surface area contributed by atoms with E-state index in [0.717, 1.165) is 43.7 Å². The zero-order valence-electron chi connectivity index (χ0n) is 13.5. The molecule has 0 bridgehead atoms. The molecular formula is C17H26N2O2. The van der Waals surface area contributed by atoms with E-state index in [1.54, 1.807) is 4.90 Å². The number of rotatable bonds is 3. The number of nitrogens with zero attached hydrogens (tertiary/aromatic N) is 1. The van der Waals surface area contributed by atoms with E-state index >= 15 is 0 Å². The summed E-state index contributed by atoms with van der Waals surface area (Å²) in [6, 6.07) is 6.22. The van der Waals surface area contributed by atoms with Crippen LogP contribution in [0.2, 0.25) is 0 Å². The monoisotopic (exact) mass is 290 g/mol. The average Bonchev–Trinajstić information content (AvgIpc) is 2.42. The number of hydrogen-bond acceptors (Lipinski definition) is 3. The maximum atomic E-state index is 12.3. The van der Waals surface area contributed by atoms with Crippen molar-refractivity contribution in [1.82, 2.24) is 0 Å². The first-order valence-electron chi connectivity index (χ1n) is 7.78. The quantitative estimate of drug-likeness (QED) is 0.907. The first-order chi connectivity index (χ1) is 9.90. The summed E-state index contributed by atoms with van der Waals surface area (Å²) in [5.41, 5.74) is 2.87. The maximum Gasteiger partial charge on any atom is 0.414 e. The first-order valence-corrected chi connectivity index (χ1v) is 7.78. The number of carbonyl (C=O) groups excluding carboxylic acids is 1. The summed E-state index contributed by atoms with van der Waals surface area (Å²) >= 11 is 0. The van der Waals surface area contributed by atoms with Gasteiger partial charge < -0.3 is 10.1 Å². The highest BCUT2D eigenvalue weighted by Gasteiger charge is 2.27. The number of fused-ring (bicyclic) bond motifs is 1. The lowest BCUT2D eigenvalue weighted by Crippen LogP contribution is -2.39. The Morgan fingerprint density at radius 3 is 2.81 bits per heavy atom. The minimum Gasteiger partial charge on any atom is -0.443 e. The molecule has 1 aromatic rings. The normalized spacial score (nSPS) is 14.6. The number of ether oxygens (including phenoxy) is 1. The fraction of sp³-hybridized carbons (Fsp3) is 0.588. The van der Waals surface area contributed by atoms with Crippen molar-refractivity contribution in [2.45, 2.75) is 52.6 Å². The minimum atomic E-state index is -0.461. The Kier molecular flexibility index (Phi) is 4.76. The number of amides is 1. The minimum absolute atomic E-state index is 0.252. The molecule has 1 heterocycles. The average molecular weight is 290 g/mol. The van der Waals surface area contributed by atoms with Gasteiger partial charge in [0.2, 0.25) is 0 Å². The molecule has 0 saturated carbocycles. The second kappa shape index (κ2) is 6.37. The number of anilines is 2. The van der Waals surface area contributed by atoms with Crippen molar-refractivity contribution < 1.29 is 9.53 Å². The Balaban J connectivity index is 2.17. The van der Waals surface area contributed by atoms with Crippen LogP contribution < -0.4 is 10.2 Å². The van der Waals surface area contributed by atoms with Crippen molar-refractivity contribution in [3.05, 3.63) is 23.8 Å². The van der Waals surface area contributed by atoms with Gasteiger partial charge in [-0.05, 0) is 63.8 Å². The third-order valence-corrected chi connectivity index (χ3v) is 3.39. The smallest absolute Gasteiger partial charge is 0.414 e. The van der Waals surface area contributed by atoms with Gasteiger partial charge in [0.05, 0.1) is 5.69 Å². The molecule has 1 aliphatic heterocycles. The molecule has 0 aliphatic carbocycles. The Morgan fingerprint density at radius 1 is 1.38 bits per heavy atom. The molecule has 0 fully saturated rings. The van der Waals surface area contributed by atoms with Crippen molar-refractivity contribution in [2.24, 2.45) is 0 Å². The van der Waals surface area contributed by atoms with Gasteiger partial charge in [-0.15, -0.1) is 0 Å². The van der Waals surface area contributed by atoms with Crippen LogP contribution in [0.4, 0.5) is 16.2 Å². The molecule has 21 heavy (non-hydrogen) atoms. The van der Waals surface area contributed by atoms with Crippen LogP contribution in [0.5, 0.6) is 0 Å². The number of benzene rings is 1. The SMILES string of the molecule is CCCNc1ccc2c(c1)CCCN2C(=O)OC(C)(C)C. The maximum absolute atomic E-state index is 12.3. The van der Waals surface area contributed by atoms with E-state index in [0.29, 0.717) is 0 Å². The molecule has 1 N–H and O–H groups in total. The molecule has 2 rings (SSSR count). The van der Waals surface area contributed by atoms with Gasteiger partial charge in [0.1, 0.15) is 5.60 Å². The Bertz CT molecular complexity index is 506. The Labute approximate surface area is 127 Å². The van der Waals surface area contributed by atoms with Crippen LogP contribution in [0, 0.1) is 0 Å². The van der Waals surface area contributed by atoms with Gasteiger partial charge in [-0.3, -0.25) is 4.90 Å². The third-order valence-electron chi connectivity index (χ3n) is 3.39. The van der Waals surface area contributed by atoms with Crippen LogP contribution in [0.25, 0.3) is 0 Å². The lowest BCUT2D eigenvalue weighted by molar-refractivity contribution is 0.0578. The van der Waals surface area contributed by atoms with Crippen LogP contribution in [0.3, 0.4) is 0 Å². The summed E-state index contributed by atoms with van der Waals surface area (Å²) < 4.78 is 5.50. The number of carbonyl (C=O) groups is 1. The van der Waals surface area contributed by atoms with E-state index in [9.17, 15) is 4.79 Å². The van der Waals surface area contributed by atoms with E-state index in [1.165, 1.54) is 5.56 Å². The summed E-state index contributed by atoms with van der Waals surface area (Å²) in [6.07, 6.45) is 2.83. The number of aryl methyl sites for hydroxylation is 1. The van der Waals surface area contributed by atoms with Crippen LogP contribution >= 0.6 is 0 Å². The first kappa shape index (κ1) is 15.7. The Morgan fingerprint density at radius 2 is 2.14 bits per heavy atom. The zero-order valence-corrected chi connectivity index (χ0v) is 13.5. The predicted molar refractivity (Wildman–Crippen MR) is 87.1 cm³/mol. The topological polar surface area (TPSA) is 41.6 Å². The molecule has 0 aromatic heterocycles. The van der Waals surface area contributed by atoms with Gasteiger partial charge >= 0.3 is 6.09 Å². The predicted octanol–water partition coefficient (Wildman–Crippen LogP) is 4.20. The van der Waals surface area contributed by atoms with Gasteiger partial charge in [0.25, 0.3) is 0 Å². The van der Waals surface area contributed by atoms with E-state index < -0.39 is 5.60 Å². The number of hydrogen-bond donors (Lipinski definition) is 1. The van der Waals surface area contributed by atoms with Crippen molar-refractivity contribution in [3.63, 3.8) is 0 Å². The molecule has 4 heteroatoms. The van der Waals surface area contributed by atoms with Crippen molar-refractivity contribution in [1.29, 1.82) is 0 Å². The standard InChI is InChI=1S/C17H26N2O2/c1-5-10-18-14-8-9-15-13(12-14)7-6-11-19(15)16(20)21-17(2,3)4/h8-9,12,18H,5-7,10-11H2,1-4H3. The van der Waals surface area contributed by atoms with Crippen molar-refractivity contribution >= 4 is 17.5 Å². The lowest BCUT2D eigenvalue weighted by Gasteiger charge is -2.32. The summed E-state index contributed by atoms with van der Waals surface area (Å²) in [4.78, 5) is 14.1. The third kappa shape index (κ3) is 4.13. The van der Waals surface area contributed by atoms with E-state index in [1.807, 2.05) is 32.9 Å². The molecule has 0 atom stereocenters. The second-order valence-corrected chi connectivity index (χ2v) is 6.51. The van der Waals surface area contributed by atoms with Crippen LogP contribution in [-0.2, 0) is 11.2 Å². The largest absolute Gasteiger partial charge is 0.443 e. The second-order valence-electron chi connectivity index (χ2n) is 6.51.